The minimum Gasteiger partial charge on any atom is -0.482 e. The maximum Gasteiger partial charge on any atom is 0.343 e. The van der Waals surface area contributed by atoms with Gasteiger partial charge >= 0.3 is 5.97 Å². The molecule has 0 radical (unpaired) electrons. The first-order valence-corrected chi connectivity index (χ1v) is 10.9. The molecule has 0 aromatic heterocycles. The van der Waals surface area contributed by atoms with Crippen LogP contribution in [0.4, 0.5) is 11.4 Å². The Morgan fingerprint density at radius 1 is 0.906 bits per heavy atom. The average molecular weight is 430 g/mol. The SMILES string of the molecule is COC(=O)COc1cccc2c1CCCC2CC(=O)N(c1ccccc1)c1ccccc1. The summed E-state index contributed by atoms with van der Waals surface area (Å²) in [7, 11) is 1.35. The van der Waals surface area contributed by atoms with Crippen molar-refractivity contribution in [2.75, 3.05) is 18.6 Å². The Labute approximate surface area is 188 Å². The lowest BCUT2D eigenvalue weighted by Gasteiger charge is -2.29. The Morgan fingerprint density at radius 3 is 2.19 bits per heavy atom. The van der Waals surface area contributed by atoms with Crippen LogP contribution in [0, 0.1) is 0 Å². The van der Waals surface area contributed by atoms with E-state index in [2.05, 4.69) is 10.8 Å². The number of esters is 1. The Hall–Kier alpha value is -3.60. The van der Waals surface area contributed by atoms with Crippen molar-refractivity contribution in [3.63, 3.8) is 0 Å². The fourth-order valence-corrected chi connectivity index (χ4v) is 4.35. The highest BCUT2D eigenvalue weighted by molar-refractivity contribution is 6.00. The van der Waals surface area contributed by atoms with Crippen molar-refractivity contribution in [1.82, 2.24) is 0 Å². The number of benzene rings is 3. The van der Waals surface area contributed by atoms with Gasteiger partial charge in [-0.15, -0.1) is 0 Å². The zero-order chi connectivity index (χ0) is 22.3. The molecular weight excluding hydrogens is 402 g/mol. The summed E-state index contributed by atoms with van der Waals surface area (Å²) in [6.07, 6.45) is 3.19. The van der Waals surface area contributed by atoms with Gasteiger partial charge in [0.15, 0.2) is 6.61 Å². The molecule has 0 fully saturated rings. The van der Waals surface area contributed by atoms with Gasteiger partial charge in [-0.1, -0.05) is 48.5 Å². The average Bonchev–Trinajstić information content (AvgIpc) is 2.84. The van der Waals surface area contributed by atoms with E-state index < -0.39 is 5.97 Å². The third-order valence-electron chi connectivity index (χ3n) is 5.86. The van der Waals surface area contributed by atoms with Gasteiger partial charge in [0.2, 0.25) is 5.91 Å². The summed E-state index contributed by atoms with van der Waals surface area (Å²) in [6, 6.07) is 25.4. The number of ether oxygens (including phenoxy) is 2. The summed E-state index contributed by atoms with van der Waals surface area (Å²) >= 11 is 0. The molecule has 5 heteroatoms. The third kappa shape index (κ3) is 4.83. The smallest absolute Gasteiger partial charge is 0.343 e. The first-order chi connectivity index (χ1) is 15.7. The summed E-state index contributed by atoms with van der Waals surface area (Å²) in [4.78, 5) is 26.9. The molecule has 5 nitrogen and oxygen atoms in total. The number of methoxy groups -OCH3 is 1. The van der Waals surface area contributed by atoms with Crippen LogP contribution in [0.2, 0.25) is 0 Å². The minimum atomic E-state index is -0.411. The molecular formula is C27H27NO4. The van der Waals surface area contributed by atoms with Gasteiger partial charge in [-0.3, -0.25) is 9.69 Å². The first-order valence-electron chi connectivity index (χ1n) is 10.9. The lowest BCUT2D eigenvalue weighted by Crippen LogP contribution is -2.28. The summed E-state index contributed by atoms with van der Waals surface area (Å²) in [5, 5.41) is 0. The Bertz CT molecular complexity index is 1030. The van der Waals surface area contributed by atoms with E-state index in [1.54, 1.807) is 4.90 Å². The van der Waals surface area contributed by atoms with Crippen LogP contribution >= 0.6 is 0 Å². The minimum absolute atomic E-state index is 0.0566. The zero-order valence-electron chi connectivity index (χ0n) is 18.2. The number of rotatable bonds is 7. The van der Waals surface area contributed by atoms with Crippen molar-refractivity contribution in [2.45, 2.75) is 31.6 Å². The van der Waals surface area contributed by atoms with E-state index >= 15 is 0 Å². The monoisotopic (exact) mass is 429 g/mol. The molecule has 1 atom stereocenters. The highest BCUT2D eigenvalue weighted by atomic mass is 16.6. The second kappa shape index (κ2) is 10.1. The number of anilines is 2. The molecule has 1 aliphatic carbocycles. The van der Waals surface area contributed by atoms with E-state index in [1.807, 2.05) is 72.8 Å². The summed E-state index contributed by atoms with van der Waals surface area (Å²) < 4.78 is 10.4. The van der Waals surface area contributed by atoms with Crippen LogP contribution in [-0.2, 0) is 20.7 Å². The molecule has 32 heavy (non-hydrogen) atoms. The molecule has 0 aliphatic heterocycles. The van der Waals surface area contributed by atoms with Gasteiger partial charge in [-0.05, 0) is 66.6 Å². The van der Waals surface area contributed by atoms with Gasteiger partial charge in [0, 0.05) is 17.8 Å². The standard InChI is InChI=1S/C27H27NO4/c1-31-27(30)19-32-25-17-9-15-23-20(10-8-16-24(23)25)18-26(29)28(21-11-4-2-5-12-21)22-13-6-3-7-14-22/h2-7,9,11-15,17,20H,8,10,16,18-19H2,1H3. The lowest BCUT2D eigenvalue weighted by molar-refractivity contribution is -0.142. The van der Waals surface area contributed by atoms with Gasteiger partial charge in [0.1, 0.15) is 5.75 Å². The van der Waals surface area contributed by atoms with E-state index in [0.717, 1.165) is 41.8 Å². The largest absolute Gasteiger partial charge is 0.482 e. The van der Waals surface area contributed by atoms with Crippen molar-refractivity contribution in [2.24, 2.45) is 0 Å². The molecule has 1 aliphatic rings. The molecule has 0 N–H and O–H groups in total. The molecule has 0 saturated heterocycles. The van der Waals surface area contributed by atoms with E-state index in [4.69, 9.17) is 4.74 Å². The second-order valence-electron chi connectivity index (χ2n) is 7.88. The van der Waals surface area contributed by atoms with Gasteiger partial charge < -0.3 is 9.47 Å². The molecule has 164 valence electrons. The maximum atomic E-state index is 13.6. The van der Waals surface area contributed by atoms with E-state index in [1.165, 1.54) is 7.11 Å². The van der Waals surface area contributed by atoms with Crippen molar-refractivity contribution >= 4 is 23.3 Å². The van der Waals surface area contributed by atoms with Crippen LogP contribution in [0.25, 0.3) is 0 Å². The molecule has 4 rings (SSSR count). The topological polar surface area (TPSA) is 55.8 Å². The first kappa shape index (κ1) is 21.6. The molecule has 1 unspecified atom stereocenters. The molecule has 3 aromatic rings. The molecule has 0 bridgehead atoms. The van der Waals surface area contributed by atoms with Gasteiger partial charge in [-0.2, -0.15) is 0 Å². The van der Waals surface area contributed by atoms with Crippen LogP contribution in [0.3, 0.4) is 0 Å². The van der Waals surface area contributed by atoms with E-state index in [9.17, 15) is 9.59 Å². The van der Waals surface area contributed by atoms with Crippen molar-refractivity contribution in [3.8, 4) is 5.75 Å². The van der Waals surface area contributed by atoms with Crippen molar-refractivity contribution < 1.29 is 19.1 Å². The number of fused-ring (bicyclic) bond motifs is 1. The Kier molecular flexibility index (Phi) is 6.85. The highest BCUT2D eigenvalue weighted by Crippen LogP contribution is 2.39. The maximum absolute atomic E-state index is 13.6. The van der Waals surface area contributed by atoms with Crippen molar-refractivity contribution in [3.05, 3.63) is 90.0 Å². The third-order valence-corrected chi connectivity index (χ3v) is 5.86. The van der Waals surface area contributed by atoms with Crippen LogP contribution in [0.1, 0.15) is 36.3 Å². The molecule has 0 spiro atoms. The zero-order valence-corrected chi connectivity index (χ0v) is 18.2. The van der Waals surface area contributed by atoms with Gasteiger partial charge in [0.25, 0.3) is 0 Å². The highest BCUT2D eigenvalue weighted by Gasteiger charge is 2.28. The number of hydrogen-bond donors (Lipinski definition) is 0. The number of carbonyl (C=O) groups is 2. The van der Waals surface area contributed by atoms with Gasteiger partial charge in [0.05, 0.1) is 7.11 Å². The number of nitrogens with zero attached hydrogens (tertiary/aromatic N) is 1. The van der Waals surface area contributed by atoms with E-state index in [0.29, 0.717) is 12.2 Å². The lowest BCUT2D eigenvalue weighted by atomic mass is 9.80. The van der Waals surface area contributed by atoms with Crippen LogP contribution in [-0.4, -0.2) is 25.6 Å². The van der Waals surface area contributed by atoms with Crippen LogP contribution < -0.4 is 9.64 Å². The van der Waals surface area contributed by atoms with Crippen LogP contribution in [0.15, 0.2) is 78.9 Å². The Balaban J connectivity index is 1.59. The fourth-order valence-electron chi connectivity index (χ4n) is 4.35. The van der Waals surface area contributed by atoms with Gasteiger partial charge in [-0.25, -0.2) is 4.79 Å². The molecule has 1 amide bonds. The fraction of sp³-hybridized carbons (Fsp3) is 0.259. The van der Waals surface area contributed by atoms with Crippen LogP contribution in [0.5, 0.6) is 5.75 Å². The predicted octanol–water partition coefficient (Wildman–Crippen LogP) is 5.41. The Morgan fingerprint density at radius 2 is 1.56 bits per heavy atom. The number of amides is 1. The van der Waals surface area contributed by atoms with E-state index in [-0.39, 0.29) is 18.4 Å². The normalized spacial score (nSPS) is 14.8. The summed E-state index contributed by atoms with van der Waals surface area (Å²) in [5.41, 5.74) is 3.93. The number of carbonyl (C=O) groups excluding carboxylic acids is 2. The number of para-hydroxylation sites is 2. The quantitative estimate of drug-likeness (QED) is 0.471. The molecule has 3 aromatic carbocycles. The second-order valence-corrected chi connectivity index (χ2v) is 7.88. The number of hydrogen-bond acceptors (Lipinski definition) is 4. The predicted molar refractivity (Wildman–Crippen MR) is 124 cm³/mol. The molecule has 0 heterocycles. The summed E-state index contributed by atoms with van der Waals surface area (Å²) in [5.74, 6) is 0.448. The molecule has 0 saturated carbocycles. The van der Waals surface area contributed by atoms with Crippen molar-refractivity contribution in [1.29, 1.82) is 0 Å². The summed E-state index contributed by atoms with van der Waals surface area (Å²) in [6.45, 7) is -0.119.